The fourth-order valence-electron chi connectivity index (χ4n) is 3.10. The molecule has 0 aliphatic carbocycles. The van der Waals surface area contributed by atoms with Gasteiger partial charge < -0.3 is 9.40 Å². The van der Waals surface area contributed by atoms with Crippen LogP contribution in [0.3, 0.4) is 0 Å². The second-order valence-electron chi connectivity index (χ2n) is 9.05. The number of carbonyl (C=O) groups is 1. The van der Waals surface area contributed by atoms with Crippen molar-refractivity contribution in [3.63, 3.8) is 0 Å². The zero-order valence-electron chi connectivity index (χ0n) is 17.6. The van der Waals surface area contributed by atoms with Crippen LogP contribution >= 0.6 is 0 Å². The molecule has 1 heterocycles. The summed E-state index contributed by atoms with van der Waals surface area (Å²) in [5.41, 5.74) is 3.70. The Labute approximate surface area is 159 Å². The zero-order chi connectivity index (χ0) is 19.7. The molecule has 5 heteroatoms. The van der Waals surface area contributed by atoms with Crippen LogP contribution in [-0.2, 0) is 16.1 Å². The monoisotopic (exact) mass is 374 g/mol. The van der Waals surface area contributed by atoms with Gasteiger partial charge in [0.2, 0.25) is 0 Å². The summed E-state index contributed by atoms with van der Waals surface area (Å²) >= 11 is 0. The number of para-hydroxylation sites is 1. The molecule has 2 rings (SSSR count). The van der Waals surface area contributed by atoms with E-state index in [4.69, 9.17) is 4.84 Å². The third-order valence-electron chi connectivity index (χ3n) is 5.67. The number of hydrogen-bond donors (Lipinski definition) is 0. The third kappa shape index (κ3) is 3.73. The van der Waals surface area contributed by atoms with E-state index in [2.05, 4.69) is 63.5 Å². The summed E-state index contributed by atoms with van der Waals surface area (Å²) < 4.78 is 2.09. The molecule has 0 atom stereocenters. The first kappa shape index (κ1) is 20.7. The molecule has 144 valence electrons. The van der Waals surface area contributed by atoms with Crippen LogP contribution in [0.5, 0.6) is 0 Å². The Kier molecular flexibility index (Phi) is 6.01. The van der Waals surface area contributed by atoms with Crippen LogP contribution in [0, 0.1) is 5.92 Å². The maximum Gasteiger partial charge on any atom is 0.273 e. The van der Waals surface area contributed by atoms with Crippen molar-refractivity contribution in [1.29, 1.82) is 0 Å². The number of benzene rings is 1. The molecule has 1 aromatic rings. The smallest absolute Gasteiger partial charge is 0.273 e. The molecule has 4 nitrogen and oxygen atoms in total. The van der Waals surface area contributed by atoms with Gasteiger partial charge in [-0.05, 0) is 36.3 Å². The average Bonchev–Trinajstić information content (AvgIpc) is 2.82. The Morgan fingerprint density at radius 2 is 1.88 bits per heavy atom. The summed E-state index contributed by atoms with van der Waals surface area (Å²) in [6.07, 6.45) is 2.08. The number of fused-ring (bicyclic) bond motifs is 1. The molecular formula is C21H34N2O2Si. The minimum Gasteiger partial charge on any atom is -0.395 e. The predicted molar refractivity (Wildman–Crippen MR) is 112 cm³/mol. The summed E-state index contributed by atoms with van der Waals surface area (Å²) in [6.45, 7) is 18.1. The van der Waals surface area contributed by atoms with Gasteiger partial charge in [-0.3, -0.25) is 4.79 Å². The summed E-state index contributed by atoms with van der Waals surface area (Å²) in [5.74, 6) is 0.623. The van der Waals surface area contributed by atoms with Gasteiger partial charge in [0.1, 0.15) is 6.61 Å². The topological polar surface area (TPSA) is 41.9 Å². The van der Waals surface area contributed by atoms with Crippen molar-refractivity contribution < 1.29 is 9.63 Å². The van der Waals surface area contributed by atoms with Crippen LogP contribution in [-0.4, -0.2) is 26.5 Å². The van der Waals surface area contributed by atoms with E-state index in [0.29, 0.717) is 18.2 Å². The van der Waals surface area contributed by atoms with E-state index in [0.717, 1.165) is 24.1 Å². The molecule has 0 saturated heterocycles. The standard InChI is InChI=1S/C21H34N2O2Si/c1-9-25-22-18-17-12-10-11-16(14-13-15(2)3)19(17)23(20(18)24)26(7,8)21(4,5)6/h10-12,15H,9,13-14H2,1-8H3/b22-18-. The van der Waals surface area contributed by atoms with E-state index in [1.807, 2.05) is 19.1 Å². The van der Waals surface area contributed by atoms with Gasteiger partial charge in [0.25, 0.3) is 5.91 Å². The van der Waals surface area contributed by atoms with Gasteiger partial charge in [0.15, 0.2) is 13.9 Å². The fraction of sp³-hybridized carbons (Fsp3) is 0.619. The summed E-state index contributed by atoms with van der Waals surface area (Å²) in [6, 6.07) is 6.22. The maximum absolute atomic E-state index is 13.4. The summed E-state index contributed by atoms with van der Waals surface area (Å²) in [7, 11) is -2.11. The number of oxime groups is 1. The van der Waals surface area contributed by atoms with E-state index >= 15 is 0 Å². The van der Waals surface area contributed by atoms with E-state index in [1.54, 1.807) is 0 Å². The van der Waals surface area contributed by atoms with Crippen LogP contribution in [0.1, 0.15) is 59.1 Å². The maximum atomic E-state index is 13.4. The molecule has 1 aliphatic heterocycles. The van der Waals surface area contributed by atoms with Gasteiger partial charge in [-0.25, -0.2) is 0 Å². The lowest BCUT2D eigenvalue weighted by Gasteiger charge is -2.44. The van der Waals surface area contributed by atoms with Crippen LogP contribution in [0.15, 0.2) is 23.4 Å². The van der Waals surface area contributed by atoms with Crippen molar-refractivity contribution in [1.82, 2.24) is 0 Å². The van der Waals surface area contributed by atoms with Crippen molar-refractivity contribution >= 4 is 25.5 Å². The zero-order valence-corrected chi connectivity index (χ0v) is 18.6. The molecule has 1 aliphatic rings. The molecule has 0 unspecified atom stereocenters. The summed E-state index contributed by atoms with van der Waals surface area (Å²) in [4.78, 5) is 18.7. The molecule has 0 N–H and O–H groups in total. The quantitative estimate of drug-likeness (QED) is 0.496. The molecule has 0 fully saturated rings. The lowest BCUT2D eigenvalue weighted by molar-refractivity contribution is -0.111. The lowest BCUT2D eigenvalue weighted by Crippen LogP contribution is -2.57. The Morgan fingerprint density at radius 3 is 2.42 bits per heavy atom. The number of nitrogens with zero attached hydrogens (tertiary/aromatic N) is 2. The van der Waals surface area contributed by atoms with Crippen molar-refractivity contribution in [3.05, 3.63) is 29.3 Å². The van der Waals surface area contributed by atoms with Gasteiger partial charge in [0.05, 0.1) is 0 Å². The first-order chi connectivity index (χ1) is 12.0. The van der Waals surface area contributed by atoms with E-state index in [-0.39, 0.29) is 10.9 Å². The number of anilines is 1. The van der Waals surface area contributed by atoms with Crippen LogP contribution in [0.4, 0.5) is 5.69 Å². The molecule has 0 saturated carbocycles. The Morgan fingerprint density at radius 1 is 1.23 bits per heavy atom. The number of aryl methyl sites for hydroxylation is 1. The molecule has 0 spiro atoms. The number of hydrogen-bond acceptors (Lipinski definition) is 3. The van der Waals surface area contributed by atoms with E-state index < -0.39 is 8.24 Å². The van der Waals surface area contributed by atoms with Crippen LogP contribution in [0.2, 0.25) is 18.1 Å². The van der Waals surface area contributed by atoms with E-state index in [9.17, 15) is 4.79 Å². The van der Waals surface area contributed by atoms with Crippen LogP contribution in [0.25, 0.3) is 0 Å². The SMILES string of the molecule is CCO/N=C1\C(=O)N([Si](C)(C)C(C)(C)C)c2c(CCC(C)C)cccc21. The molecule has 26 heavy (non-hydrogen) atoms. The van der Waals surface area contributed by atoms with Crippen molar-refractivity contribution in [2.75, 3.05) is 11.2 Å². The number of rotatable bonds is 6. The molecular weight excluding hydrogens is 340 g/mol. The third-order valence-corrected chi connectivity index (χ3v) is 10.9. The predicted octanol–water partition coefficient (Wildman–Crippen LogP) is 5.37. The van der Waals surface area contributed by atoms with Gasteiger partial charge in [-0.2, -0.15) is 0 Å². The average molecular weight is 375 g/mol. The van der Waals surface area contributed by atoms with Gasteiger partial charge in [-0.1, -0.05) is 71.1 Å². The van der Waals surface area contributed by atoms with Crippen molar-refractivity contribution in [3.8, 4) is 0 Å². The lowest BCUT2D eigenvalue weighted by atomic mass is 9.99. The highest BCUT2D eigenvalue weighted by Crippen LogP contribution is 2.45. The molecule has 1 aromatic carbocycles. The van der Waals surface area contributed by atoms with Crippen molar-refractivity contribution in [2.45, 2.75) is 72.5 Å². The number of amides is 1. The highest BCUT2D eigenvalue weighted by atomic mass is 28.3. The first-order valence-electron chi connectivity index (χ1n) is 9.69. The second kappa shape index (κ2) is 7.55. The summed E-state index contributed by atoms with van der Waals surface area (Å²) in [5, 5.41) is 4.24. The molecule has 0 bridgehead atoms. The minimum absolute atomic E-state index is 0.00274. The highest BCUT2D eigenvalue weighted by molar-refractivity contribution is 6.90. The molecule has 0 aromatic heterocycles. The van der Waals surface area contributed by atoms with Crippen molar-refractivity contribution in [2.24, 2.45) is 11.1 Å². The fourth-order valence-corrected chi connectivity index (χ4v) is 5.21. The van der Waals surface area contributed by atoms with Gasteiger partial charge >= 0.3 is 0 Å². The van der Waals surface area contributed by atoms with Gasteiger partial charge in [-0.15, -0.1) is 0 Å². The Balaban J connectivity index is 2.64. The van der Waals surface area contributed by atoms with Gasteiger partial charge in [0, 0.05) is 11.3 Å². The Bertz CT molecular complexity index is 702. The second-order valence-corrected chi connectivity index (χ2v) is 14.1. The highest BCUT2D eigenvalue weighted by Gasteiger charge is 2.50. The molecule has 0 radical (unpaired) electrons. The van der Waals surface area contributed by atoms with E-state index in [1.165, 1.54) is 5.56 Å². The normalized spacial score (nSPS) is 16.6. The Hall–Kier alpha value is -1.62. The largest absolute Gasteiger partial charge is 0.395 e. The number of carbonyl (C=O) groups excluding carboxylic acids is 1. The first-order valence-corrected chi connectivity index (χ1v) is 12.6. The molecule has 1 amide bonds. The van der Waals surface area contributed by atoms with Crippen LogP contribution < -0.4 is 4.57 Å². The minimum atomic E-state index is -2.11.